The molecule has 1 aromatic heterocycles. The van der Waals surface area contributed by atoms with E-state index >= 15 is 0 Å². The van der Waals surface area contributed by atoms with Gasteiger partial charge in [-0.1, -0.05) is 30.3 Å². The Morgan fingerprint density at radius 1 is 1.18 bits per heavy atom. The summed E-state index contributed by atoms with van der Waals surface area (Å²) in [6.45, 7) is 0. The van der Waals surface area contributed by atoms with Gasteiger partial charge in [0, 0.05) is 18.6 Å². The zero-order valence-corrected chi connectivity index (χ0v) is 11.2. The SMILES string of the molecule is O=[N+]([O-])c1ccc(OC(Cc2ccccc2)C(F)(F)F)nc1. The van der Waals surface area contributed by atoms with E-state index in [0.717, 1.165) is 18.3 Å². The summed E-state index contributed by atoms with van der Waals surface area (Å²) in [5, 5.41) is 10.5. The number of hydrogen-bond acceptors (Lipinski definition) is 4. The van der Waals surface area contributed by atoms with Crippen molar-refractivity contribution in [1.29, 1.82) is 0 Å². The number of hydrogen-bond donors (Lipinski definition) is 0. The fourth-order valence-electron chi connectivity index (χ4n) is 1.75. The van der Waals surface area contributed by atoms with Gasteiger partial charge >= 0.3 is 6.18 Å². The van der Waals surface area contributed by atoms with Crippen LogP contribution in [-0.2, 0) is 6.42 Å². The van der Waals surface area contributed by atoms with E-state index in [4.69, 9.17) is 4.74 Å². The second-order valence-electron chi connectivity index (χ2n) is 4.45. The molecule has 116 valence electrons. The van der Waals surface area contributed by atoms with E-state index in [1.54, 1.807) is 30.3 Å². The summed E-state index contributed by atoms with van der Waals surface area (Å²) in [4.78, 5) is 13.3. The molecule has 0 bridgehead atoms. The molecule has 8 heteroatoms. The van der Waals surface area contributed by atoms with Gasteiger partial charge in [-0.2, -0.15) is 13.2 Å². The van der Waals surface area contributed by atoms with Gasteiger partial charge in [0.05, 0.1) is 4.92 Å². The predicted molar refractivity (Wildman–Crippen MR) is 71.5 cm³/mol. The third-order valence-electron chi connectivity index (χ3n) is 2.82. The van der Waals surface area contributed by atoms with Gasteiger partial charge in [-0.15, -0.1) is 0 Å². The highest BCUT2D eigenvalue weighted by atomic mass is 19.4. The Hall–Kier alpha value is -2.64. The number of ether oxygens (including phenoxy) is 1. The number of nitrogens with zero attached hydrogens (tertiary/aromatic N) is 2. The van der Waals surface area contributed by atoms with Crippen molar-refractivity contribution in [2.24, 2.45) is 0 Å². The minimum absolute atomic E-state index is 0.316. The molecule has 0 saturated heterocycles. The Labute approximate surface area is 123 Å². The van der Waals surface area contributed by atoms with E-state index in [-0.39, 0.29) is 18.0 Å². The third kappa shape index (κ3) is 4.18. The summed E-state index contributed by atoms with van der Waals surface area (Å²) >= 11 is 0. The normalized spacial score (nSPS) is 12.7. The van der Waals surface area contributed by atoms with Crippen LogP contribution in [0, 0.1) is 10.1 Å². The molecule has 0 aliphatic heterocycles. The first-order valence-electron chi connectivity index (χ1n) is 6.24. The van der Waals surface area contributed by atoms with Crippen LogP contribution in [-0.4, -0.2) is 22.2 Å². The van der Waals surface area contributed by atoms with Crippen LogP contribution in [0.3, 0.4) is 0 Å². The lowest BCUT2D eigenvalue weighted by Crippen LogP contribution is -2.36. The minimum atomic E-state index is -4.58. The predicted octanol–water partition coefficient (Wildman–Crippen LogP) is 3.54. The standard InChI is InChI=1S/C14H11F3N2O3/c15-14(16,17)12(8-10-4-2-1-3-5-10)22-13-7-6-11(9-18-13)19(20)21/h1-7,9,12H,8H2. The molecule has 0 fully saturated rings. The fraction of sp³-hybridized carbons (Fsp3) is 0.214. The van der Waals surface area contributed by atoms with Crippen LogP contribution in [0.1, 0.15) is 5.56 Å². The molecule has 2 aromatic rings. The number of halogens is 3. The molecule has 1 heterocycles. The van der Waals surface area contributed by atoms with Crippen LogP contribution in [0.5, 0.6) is 5.88 Å². The smallest absolute Gasteiger partial charge is 0.425 e. The lowest BCUT2D eigenvalue weighted by atomic mass is 10.1. The van der Waals surface area contributed by atoms with E-state index in [2.05, 4.69) is 4.98 Å². The van der Waals surface area contributed by atoms with Crippen molar-refractivity contribution in [2.75, 3.05) is 0 Å². The average Bonchev–Trinajstić information content (AvgIpc) is 2.47. The Morgan fingerprint density at radius 3 is 2.36 bits per heavy atom. The van der Waals surface area contributed by atoms with Gasteiger partial charge in [0.2, 0.25) is 5.88 Å². The van der Waals surface area contributed by atoms with E-state index in [0.29, 0.717) is 5.56 Å². The van der Waals surface area contributed by atoms with Gasteiger partial charge in [0.1, 0.15) is 6.20 Å². The lowest BCUT2D eigenvalue weighted by molar-refractivity contribution is -0.385. The van der Waals surface area contributed by atoms with Crippen molar-refractivity contribution < 1.29 is 22.8 Å². The van der Waals surface area contributed by atoms with Gasteiger partial charge in [-0.05, 0) is 5.56 Å². The third-order valence-corrected chi connectivity index (χ3v) is 2.82. The molecule has 2 rings (SSSR count). The first-order valence-corrected chi connectivity index (χ1v) is 6.24. The Balaban J connectivity index is 2.15. The van der Waals surface area contributed by atoms with Crippen molar-refractivity contribution >= 4 is 5.69 Å². The van der Waals surface area contributed by atoms with Crippen molar-refractivity contribution in [3.05, 3.63) is 64.3 Å². The molecule has 0 radical (unpaired) electrons. The highest BCUT2D eigenvalue weighted by molar-refractivity contribution is 5.29. The Kier molecular flexibility index (Phi) is 4.59. The number of aromatic nitrogens is 1. The maximum Gasteiger partial charge on any atom is 0.425 e. The van der Waals surface area contributed by atoms with Crippen molar-refractivity contribution in [1.82, 2.24) is 4.98 Å². The molecule has 1 unspecified atom stereocenters. The van der Waals surface area contributed by atoms with E-state index in [1.807, 2.05) is 0 Å². The number of benzene rings is 1. The van der Waals surface area contributed by atoms with Crippen molar-refractivity contribution in [2.45, 2.75) is 18.7 Å². The lowest BCUT2D eigenvalue weighted by Gasteiger charge is -2.21. The molecular formula is C14H11F3N2O3. The van der Waals surface area contributed by atoms with E-state index in [9.17, 15) is 23.3 Å². The van der Waals surface area contributed by atoms with Crippen LogP contribution >= 0.6 is 0 Å². The Morgan fingerprint density at radius 2 is 1.86 bits per heavy atom. The average molecular weight is 312 g/mol. The molecule has 1 aromatic carbocycles. The number of pyridine rings is 1. The summed E-state index contributed by atoms with van der Waals surface area (Å²) in [5.74, 6) is -0.316. The van der Waals surface area contributed by atoms with Gasteiger partial charge in [0.15, 0.2) is 6.10 Å². The zero-order chi connectivity index (χ0) is 16.2. The van der Waals surface area contributed by atoms with Crippen LogP contribution in [0.15, 0.2) is 48.7 Å². The van der Waals surface area contributed by atoms with Gasteiger partial charge in [-0.3, -0.25) is 10.1 Å². The maximum atomic E-state index is 13.0. The summed E-state index contributed by atoms with van der Waals surface area (Å²) in [5.41, 5.74) is 0.144. The van der Waals surface area contributed by atoms with E-state index in [1.165, 1.54) is 0 Å². The summed E-state index contributed by atoms with van der Waals surface area (Å²) < 4.78 is 44.0. The zero-order valence-electron chi connectivity index (χ0n) is 11.2. The quantitative estimate of drug-likeness (QED) is 0.625. The van der Waals surface area contributed by atoms with Crippen LogP contribution < -0.4 is 4.74 Å². The molecular weight excluding hydrogens is 301 g/mol. The largest absolute Gasteiger partial charge is 0.464 e. The molecule has 1 atom stereocenters. The molecule has 0 aliphatic carbocycles. The highest BCUT2D eigenvalue weighted by Crippen LogP contribution is 2.27. The molecule has 5 nitrogen and oxygen atoms in total. The summed E-state index contributed by atoms with van der Waals surface area (Å²) in [6, 6.07) is 10.2. The number of nitro groups is 1. The van der Waals surface area contributed by atoms with E-state index < -0.39 is 17.2 Å². The summed E-state index contributed by atoms with van der Waals surface area (Å²) in [6.07, 6.45) is -6.18. The first kappa shape index (κ1) is 15.7. The van der Waals surface area contributed by atoms with Gasteiger partial charge in [-0.25, -0.2) is 4.98 Å². The molecule has 0 saturated carbocycles. The summed E-state index contributed by atoms with van der Waals surface area (Å²) in [7, 11) is 0. The maximum absolute atomic E-state index is 13.0. The second kappa shape index (κ2) is 6.42. The van der Waals surface area contributed by atoms with Crippen molar-refractivity contribution in [3.63, 3.8) is 0 Å². The number of alkyl halides is 3. The minimum Gasteiger partial charge on any atom is -0.464 e. The molecule has 0 amide bonds. The fourth-order valence-corrected chi connectivity index (χ4v) is 1.75. The first-order chi connectivity index (χ1) is 10.4. The molecule has 0 N–H and O–H groups in total. The molecule has 0 spiro atoms. The second-order valence-corrected chi connectivity index (χ2v) is 4.45. The van der Waals surface area contributed by atoms with Crippen LogP contribution in [0.4, 0.5) is 18.9 Å². The van der Waals surface area contributed by atoms with Crippen LogP contribution in [0.25, 0.3) is 0 Å². The molecule has 22 heavy (non-hydrogen) atoms. The number of rotatable bonds is 5. The van der Waals surface area contributed by atoms with Gasteiger partial charge in [0.25, 0.3) is 5.69 Å². The molecule has 0 aliphatic rings. The van der Waals surface area contributed by atoms with Crippen LogP contribution in [0.2, 0.25) is 0 Å². The topological polar surface area (TPSA) is 65.3 Å². The Bertz CT molecular complexity index is 630. The van der Waals surface area contributed by atoms with Gasteiger partial charge < -0.3 is 4.74 Å². The highest BCUT2D eigenvalue weighted by Gasteiger charge is 2.42. The van der Waals surface area contributed by atoms with Crippen molar-refractivity contribution in [3.8, 4) is 5.88 Å². The monoisotopic (exact) mass is 312 g/mol.